The highest BCUT2D eigenvalue weighted by Gasteiger charge is 2.26. The summed E-state index contributed by atoms with van der Waals surface area (Å²) in [6, 6.07) is 0.465. The Bertz CT molecular complexity index is 399. The molecule has 2 unspecified atom stereocenters. The molecule has 1 heterocycles. The summed E-state index contributed by atoms with van der Waals surface area (Å²) in [5.41, 5.74) is 1.31. The van der Waals surface area contributed by atoms with E-state index in [2.05, 4.69) is 26.1 Å². The lowest BCUT2D eigenvalue weighted by Gasteiger charge is -2.22. The van der Waals surface area contributed by atoms with Gasteiger partial charge in [-0.25, -0.2) is 4.98 Å². The number of nitrogens with one attached hydrogen (secondary N) is 1. The second-order valence-electron chi connectivity index (χ2n) is 5.49. The molecule has 0 saturated heterocycles. The van der Waals surface area contributed by atoms with Crippen LogP contribution in [0.15, 0.2) is 0 Å². The Morgan fingerprint density at radius 2 is 2.20 bits per heavy atom. The molecule has 0 fully saturated rings. The van der Waals surface area contributed by atoms with Crippen molar-refractivity contribution in [2.75, 3.05) is 13.2 Å². The smallest absolute Gasteiger partial charge is 0.122 e. The molecule has 0 saturated carbocycles. The third-order valence-corrected chi connectivity index (χ3v) is 5.03. The second-order valence-corrected chi connectivity index (χ2v) is 6.61. The minimum Gasteiger partial charge on any atom is -0.371 e. The van der Waals surface area contributed by atoms with Gasteiger partial charge < -0.3 is 10.1 Å². The van der Waals surface area contributed by atoms with Crippen LogP contribution < -0.4 is 5.32 Å². The fourth-order valence-corrected chi connectivity index (χ4v) is 4.09. The van der Waals surface area contributed by atoms with Gasteiger partial charge in [0.25, 0.3) is 0 Å². The molecule has 4 heteroatoms. The van der Waals surface area contributed by atoms with Crippen LogP contribution in [-0.4, -0.2) is 18.1 Å². The molecule has 0 bridgehead atoms. The van der Waals surface area contributed by atoms with E-state index in [9.17, 15) is 0 Å². The number of hydrogen-bond donors (Lipinski definition) is 1. The Hall–Kier alpha value is -0.450. The van der Waals surface area contributed by atoms with Gasteiger partial charge >= 0.3 is 0 Å². The lowest BCUT2D eigenvalue weighted by atomic mass is 9.97. The van der Waals surface area contributed by atoms with Crippen LogP contribution in [0.25, 0.3) is 0 Å². The molecule has 1 aliphatic carbocycles. The van der Waals surface area contributed by atoms with Gasteiger partial charge in [-0.1, -0.05) is 20.3 Å². The average Bonchev–Trinajstić information content (AvgIpc) is 2.89. The molecular weight excluding hydrogens is 268 g/mol. The molecule has 2 rings (SSSR count). The zero-order chi connectivity index (χ0) is 14.4. The van der Waals surface area contributed by atoms with E-state index in [1.165, 1.54) is 41.3 Å². The van der Waals surface area contributed by atoms with Gasteiger partial charge in [-0.2, -0.15) is 0 Å². The summed E-state index contributed by atoms with van der Waals surface area (Å²) >= 11 is 1.88. The van der Waals surface area contributed by atoms with Crippen molar-refractivity contribution in [1.29, 1.82) is 0 Å². The first kappa shape index (κ1) is 15.9. The topological polar surface area (TPSA) is 34.1 Å². The predicted octanol–water partition coefficient (Wildman–Crippen LogP) is 4.40. The number of aryl methyl sites for hydroxylation is 1. The summed E-state index contributed by atoms with van der Waals surface area (Å²) in [4.78, 5) is 6.44. The fraction of sp³-hybridized carbons (Fsp3) is 0.812. The lowest BCUT2D eigenvalue weighted by molar-refractivity contribution is 0.0553. The Labute approximate surface area is 127 Å². The van der Waals surface area contributed by atoms with Crippen LogP contribution in [-0.2, 0) is 11.2 Å². The Morgan fingerprint density at radius 1 is 1.35 bits per heavy atom. The van der Waals surface area contributed by atoms with E-state index in [4.69, 9.17) is 9.72 Å². The van der Waals surface area contributed by atoms with Crippen molar-refractivity contribution < 1.29 is 4.74 Å². The van der Waals surface area contributed by atoms with Gasteiger partial charge in [-0.05, 0) is 45.6 Å². The minimum absolute atomic E-state index is 0.201. The number of nitrogens with zero attached hydrogens (tertiary/aromatic N) is 1. The van der Waals surface area contributed by atoms with Crippen LogP contribution >= 0.6 is 11.3 Å². The zero-order valence-corrected chi connectivity index (χ0v) is 13.9. The first-order valence-electron chi connectivity index (χ1n) is 8.14. The first-order chi connectivity index (χ1) is 9.80. The number of rotatable bonds is 8. The third kappa shape index (κ3) is 3.80. The second kappa shape index (κ2) is 8.11. The van der Waals surface area contributed by atoms with Crippen molar-refractivity contribution in [2.24, 2.45) is 0 Å². The van der Waals surface area contributed by atoms with Crippen molar-refractivity contribution in [1.82, 2.24) is 10.3 Å². The van der Waals surface area contributed by atoms with E-state index in [1.54, 1.807) is 0 Å². The molecule has 1 aromatic rings. The van der Waals surface area contributed by atoms with Gasteiger partial charge in [-0.3, -0.25) is 0 Å². The number of hydrogen-bond acceptors (Lipinski definition) is 4. The van der Waals surface area contributed by atoms with Crippen LogP contribution in [0.5, 0.6) is 0 Å². The van der Waals surface area contributed by atoms with Gasteiger partial charge in [0.05, 0.1) is 11.7 Å². The number of ether oxygens (including phenoxy) is 1. The van der Waals surface area contributed by atoms with Gasteiger partial charge in [0.2, 0.25) is 0 Å². The first-order valence-corrected chi connectivity index (χ1v) is 8.96. The maximum absolute atomic E-state index is 5.89. The summed E-state index contributed by atoms with van der Waals surface area (Å²) in [7, 11) is 0. The van der Waals surface area contributed by atoms with Crippen molar-refractivity contribution in [3.05, 3.63) is 15.6 Å². The highest BCUT2D eigenvalue weighted by atomic mass is 32.1. The molecule has 20 heavy (non-hydrogen) atoms. The molecule has 3 nitrogen and oxygen atoms in total. The summed E-state index contributed by atoms with van der Waals surface area (Å²) < 4.78 is 5.89. The van der Waals surface area contributed by atoms with Crippen LogP contribution in [0.2, 0.25) is 0 Å². The van der Waals surface area contributed by atoms with Crippen LogP contribution in [0, 0.1) is 0 Å². The quantitative estimate of drug-likeness (QED) is 0.772. The SMILES string of the molecule is CCCNC1CCCc2sc(C(CCC)OCC)nc21. The van der Waals surface area contributed by atoms with Gasteiger partial charge in [-0.15, -0.1) is 11.3 Å². The number of fused-ring (bicyclic) bond motifs is 1. The Kier molecular flexibility index (Phi) is 6.46. The van der Waals surface area contributed by atoms with Crippen molar-refractivity contribution in [3.8, 4) is 0 Å². The van der Waals surface area contributed by atoms with Crippen LogP contribution in [0.3, 0.4) is 0 Å². The van der Waals surface area contributed by atoms with Crippen molar-refractivity contribution in [2.45, 2.75) is 71.4 Å². The summed E-state index contributed by atoms with van der Waals surface area (Å²) in [5.74, 6) is 0. The maximum atomic E-state index is 5.89. The lowest BCUT2D eigenvalue weighted by Crippen LogP contribution is -2.25. The average molecular weight is 296 g/mol. The molecule has 114 valence electrons. The van der Waals surface area contributed by atoms with E-state index in [0.29, 0.717) is 6.04 Å². The summed E-state index contributed by atoms with van der Waals surface area (Å²) in [6.45, 7) is 8.36. The van der Waals surface area contributed by atoms with E-state index >= 15 is 0 Å². The summed E-state index contributed by atoms with van der Waals surface area (Å²) in [5, 5.41) is 4.85. The molecule has 0 aliphatic heterocycles. The standard InChI is InChI=1S/C16H28N2OS/c1-4-8-13(19-6-3)16-18-15-12(17-11-5-2)9-7-10-14(15)20-16/h12-13,17H,4-11H2,1-3H3. The molecule has 1 N–H and O–H groups in total. The molecular formula is C16H28N2OS. The van der Waals surface area contributed by atoms with Gasteiger partial charge in [0, 0.05) is 11.5 Å². The normalized spacial score (nSPS) is 19.9. The highest BCUT2D eigenvalue weighted by molar-refractivity contribution is 7.11. The number of thiazole rings is 1. The summed E-state index contributed by atoms with van der Waals surface area (Å²) in [6.07, 6.45) is 7.31. The van der Waals surface area contributed by atoms with Gasteiger partial charge in [0.15, 0.2) is 0 Å². The molecule has 0 aromatic carbocycles. The zero-order valence-electron chi connectivity index (χ0n) is 13.1. The third-order valence-electron chi connectivity index (χ3n) is 3.81. The molecule has 0 amide bonds. The molecule has 0 spiro atoms. The molecule has 1 aromatic heterocycles. The molecule has 1 aliphatic rings. The van der Waals surface area contributed by atoms with Crippen molar-refractivity contribution in [3.63, 3.8) is 0 Å². The van der Waals surface area contributed by atoms with Gasteiger partial charge in [0.1, 0.15) is 11.1 Å². The Balaban J connectivity index is 2.14. The molecule has 2 atom stereocenters. The fourth-order valence-electron chi connectivity index (χ4n) is 2.83. The number of aromatic nitrogens is 1. The van der Waals surface area contributed by atoms with E-state index in [0.717, 1.165) is 26.0 Å². The predicted molar refractivity (Wildman–Crippen MR) is 85.4 cm³/mol. The maximum Gasteiger partial charge on any atom is 0.122 e. The van der Waals surface area contributed by atoms with Crippen LogP contribution in [0.4, 0.5) is 0 Å². The van der Waals surface area contributed by atoms with E-state index in [-0.39, 0.29) is 6.10 Å². The van der Waals surface area contributed by atoms with Crippen molar-refractivity contribution >= 4 is 11.3 Å². The van der Waals surface area contributed by atoms with Crippen LogP contribution in [0.1, 0.15) is 80.6 Å². The highest BCUT2D eigenvalue weighted by Crippen LogP contribution is 2.37. The monoisotopic (exact) mass is 296 g/mol. The minimum atomic E-state index is 0.201. The van der Waals surface area contributed by atoms with E-state index in [1.807, 2.05) is 11.3 Å². The Morgan fingerprint density at radius 3 is 2.90 bits per heavy atom. The largest absolute Gasteiger partial charge is 0.371 e. The molecule has 0 radical (unpaired) electrons. The van der Waals surface area contributed by atoms with E-state index < -0.39 is 0 Å².